The normalized spacial score (nSPS) is 11.3. The number of furan rings is 1. The monoisotopic (exact) mass is 281 g/mol. The van der Waals surface area contributed by atoms with Gasteiger partial charge in [-0.25, -0.2) is 0 Å². The van der Waals surface area contributed by atoms with Gasteiger partial charge >= 0.3 is 0 Å². The molecule has 0 aliphatic carbocycles. The summed E-state index contributed by atoms with van der Waals surface area (Å²) >= 11 is 0.544. The van der Waals surface area contributed by atoms with Gasteiger partial charge in [-0.1, -0.05) is 11.8 Å². The molecule has 18 heavy (non-hydrogen) atoms. The maximum absolute atomic E-state index is 12.0. The van der Waals surface area contributed by atoms with Crippen molar-refractivity contribution < 1.29 is 23.0 Å². The van der Waals surface area contributed by atoms with E-state index in [2.05, 4.69) is 5.32 Å². The number of thioether (sulfide) groups is 1. The first-order chi connectivity index (χ1) is 8.72. The van der Waals surface area contributed by atoms with Gasteiger partial charge in [-0.3, -0.25) is 0 Å². The molecule has 1 aromatic rings. The van der Waals surface area contributed by atoms with E-state index in [0.29, 0.717) is 49.6 Å². The zero-order chi connectivity index (χ0) is 13.2. The van der Waals surface area contributed by atoms with Gasteiger partial charge in [0.2, 0.25) is 0 Å². The van der Waals surface area contributed by atoms with Crippen LogP contribution in [0.15, 0.2) is 16.5 Å². The quantitative estimate of drug-likeness (QED) is 0.641. The molecular formula is C11H17F2NO3S. The predicted octanol–water partition coefficient (Wildman–Crippen LogP) is 1.83. The largest absolute Gasteiger partial charge is 0.464 e. The second-order valence-corrected chi connectivity index (χ2v) is 4.43. The zero-order valence-corrected chi connectivity index (χ0v) is 10.7. The Bertz CT molecular complexity index is 323. The maximum atomic E-state index is 12.0. The summed E-state index contributed by atoms with van der Waals surface area (Å²) in [6.07, 6.45) is 0. The van der Waals surface area contributed by atoms with Gasteiger partial charge in [0.25, 0.3) is 5.76 Å². The zero-order valence-electron chi connectivity index (χ0n) is 9.90. The Balaban J connectivity index is 2.11. The lowest BCUT2D eigenvalue weighted by atomic mass is 10.4. The fourth-order valence-electron chi connectivity index (χ4n) is 1.26. The fraction of sp³-hybridized carbons (Fsp3) is 0.636. The van der Waals surface area contributed by atoms with E-state index in [0.717, 1.165) is 0 Å². The summed E-state index contributed by atoms with van der Waals surface area (Å²) in [5, 5.41) is 11.6. The number of halogens is 2. The Morgan fingerprint density at radius 1 is 1.33 bits per heavy atom. The molecule has 0 radical (unpaired) electrons. The average molecular weight is 281 g/mol. The first-order valence-corrected chi connectivity index (χ1v) is 6.64. The van der Waals surface area contributed by atoms with Gasteiger partial charge in [0, 0.05) is 6.54 Å². The van der Waals surface area contributed by atoms with E-state index < -0.39 is 5.76 Å². The minimum atomic E-state index is -2.37. The van der Waals surface area contributed by atoms with Crippen molar-refractivity contribution in [1.29, 1.82) is 0 Å². The first-order valence-electron chi connectivity index (χ1n) is 5.59. The van der Waals surface area contributed by atoms with Gasteiger partial charge in [0.05, 0.1) is 32.1 Å². The Hall–Kier alpha value is -0.630. The number of aliphatic hydroxyl groups excluding tert-OH is 1. The SMILES string of the molecule is OCCOCCNCc1ccc(CSC(F)F)o1. The van der Waals surface area contributed by atoms with Crippen LogP contribution in [0.1, 0.15) is 11.5 Å². The molecule has 0 amide bonds. The number of hydrogen-bond acceptors (Lipinski definition) is 5. The van der Waals surface area contributed by atoms with E-state index in [9.17, 15) is 8.78 Å². The van der Waals surface area contributed by atoms with Crippen LogP contribution in [-0.2, 0) is 17.0 Å². The third-order valence-corrected chi connectivity index (χ3v) is 2.73. The molecule has 0 saturated carbocycles. The first kappa shape index (κ1) is 15.4. The molecule has 1 aromatic heterocycles. The molecule has 7 heteroatoms. The molecule has 4 nitrogen and oxygen atoms in total. The molecule has 0 aromatic carbocycles. The Kier molecular flexibility index (Phi) is 7.99. The molecule has 0 aliphatic rings. The summed E-state index contributed by atoms with van der Waals surface area (Å²) in [4.78, 5) is 0. The molecular weight excluding hydrogens is 264 g/mol. The van der Waals surface area contributed by atoms with Gasteiger partial charge < -0.3 is 19.6 Å². The van der Waals surface area contributed by atoms with Crippen LogP contribution in [0.5, 0.6) is 0 Å². The second-order valence-electron chi connectivity index (χ2n) is 3.45. The van der Waals surface area contributed by atoms with Crippen LogP contribution in [-0.4, -0.2) is 37.2 Å². The Morgan fingerprint density at radius 3 is 2.83 bits per heavy atom. The molecule has 0 atom stereocenters. The molecule has 0 aliphatic heterocycles. The third-order valence-electron chi connectivity index (χ3n) is 2.03. The highest BCUT2D eigenvalue weighted by atomic mass is 32.2. The number of alkyl halides is 2. The average Bonchev–Trinajstić information content (AvgIpc) is 2.79. The van der Waals surface area contributed by atoms with Crippen molar-refractivity contribution in [2.24, 2.45) is 0 Å². The summed E-state index contributed by atoms with van der Waals surface area (Å²) in [5.74, 6) is -0.937. The minimum Gasteiger partial charge on any atom is -0.464 e. The third kappa shape index (κ3) is 6.95. The number of ether oxygens (including phenoxy) is 1. The van der Waals surface area contributed by atoms with E-state index >= 15 is 0 Å². The van der Waals surface area contributed by atoms with Crippen LogP contribution >= 0.6 is 11.8 Å². The summed E-state index contributed by atoms with van der Waals surface area (Å²) in [6, 6.07) is 3.47. The highest BCUT2D eigenvalue weighted by Gasteiger charge is 2.06. The van der Waals surface area contributed by atoms with E-state index in [1.165, 1.54) is 0 Å². The molecule has 2 N–H and O–H groups in total. The highest BCUT2D eigenvalue weighted by molar-refractivity contribution is 7.98. The van der Waals surface area contributed by atoms with E-state index in [-0.39, 0.29) is 12.4 Å². The predicted molar refractivity (Wildman–Crippen MR) is 65.6 cm³/mol. The summed E-state index contributed by atoms with van der Waals surface area (Å²) in [6.45, 7) is 2.03. The Labute approximate surface area is 109 Å². The van der Waals surface area contributed by atoms with Crippen LogP contribution < -0.4 is 5.32 Å². The molecule has 0 fully saturated rings. The van der Waals surface area contributed by atoms with Crippen molar-refractivity contribution in [3.63, 3.8) is 0 Å². The van der Waals surface area contributed by atoms with Gasteiger partial charge in [-0.15, -0.1) is 0 Å². The fourth-order valence-corrected chi connectivity index (χ4v) is 1.71. The van der Waals surface area contributed by atoms with Crippen molar-refractivity contribution in [1.82, 2.24) is 5.32 Å². The lowest BCUT2D eigenvalue weighted by molar-refractivity contribution is 0.0936. The summed E-state index contributed by atoms with van der Waals surface area (Å²) in [5.41, 5.74) is 0. The van der Waals surface area contributed by atoms with Crippen LogP contribution in [0, 0.1) is 0 Å². The molecule has 1 rings (SSSR count). The topological polar surface area (TPSA) is 54.6 Å². The van der Waals surface area contributed by atoms with Crippen molar-refractivity contribution >= 4 is 11.8 Å². The van der Waals surface area contributed by atoms with Crippen molar-refractivity contribution in [3.8, 4) is 0 Å². The van der Waals surface area contributed by atoms with Crippen molar-refractivity contribution in [2.75, 3.05) is 26.4 Å². The second kappa shape index (κ2) is 9.32. The molecule has 0 unspecified atom stereocenters. The van der Waals surface area contributed by atoms with Crippen LogP contribution in [0.2, 0.25) is 0 Å². The van der Waals surface area contributed by atoms with Crippen molar-refractivity contribution in [2.45, 2.75) is 18.1 Å². The molecule has 0 saturated heterocycles. The standard InChI is InChI=1S/C11H17F2NO3S/c12-11(13)18-8-10-2-1-9(17-10)7-14-3-5-16-6-4-15/h1-2,11,14-15H,3-8H2. The lowest BCUT2D eigenvalue weighted by Crippen LogP contribution is -2.19. The summed E-state index contributed by atoms with van der Waals surface area (Å²) < 4.78 is 34.3. The van der Waals surface area contributed by atoms with Crippen LogP contribution in [0.3, 0.4) is 0 Å². The van der Waals surface area contributed by atoms with Crippen LogP contribution in [0.25, 0.3) is 0 Å². The molecule has 1 heterocycles. The van der Waals surface area contributed by atoms with Gasteiger partial charge in [-0.2, -0.15) is 8.78 Å². The molecule has 0 bridgehead atoms. The van der Waals surface area contributed by atoms with Crippen molar-refractivity contribution in [3.05, 3.63) is 23.7 Å². The Morgan fingerprint density at radius 2 is 2.11 bits per heavy atom. The molecule has 0 spiro atoms. The number of rotatable bonds is 10. The number of aliphatic hydroxyl groups is 1. The lowest BCUT2D eigenvalue weighted by Gasteiger charge is -2.03. The van der Waals surface area contributed by atoms with E-state index in [1.807, 2.05) is 0 Å². The smallest absolute Gasteiger partial charge is 0.284 e. The van der Waals surface area contributed by atoms with Gasteiger partial charge in [0.1, 0.15) is 11.5 Å². The highest BCUT2D eigenvalue weighted by Crippen LogP contribution is 2.21. The number of hydrogen-bond donors (Lipinski definition) is 2. The number of nitrogens with one attached hydrogen (secondary N) is 1. The van der Waals surface area contributed by atoms with Crippen LogP contribution in [0.4, 0.5) is 8.78 Å². The van der Waals surface area contributed by atoms with E-state index in [4.69, 9.17) is 14.3 Å². The summed E-state index contributed by atoms with van der Waals surface area (Å²) in [7, 11) is 0. The van der Waals surface area contributed by atoms with Gasteiger partial charge in [-0.05, 0) is 12.1 Å². The molecule has 104 valence electrons. The van der Waals surface area contributed by atoms with E-state index in [1.54, 1.807) is 12.1 Å². The maximum Gasteiger partial charge on any atom is 0.284 e. The van der Waals surface area contributed by atoms with Gasteiger partial charge in [0.15, 0.2) is 0 Å². The minimum absolute atomic E-state index is 0.0172.